The second kappa shape index (κ2) is 9.79. The Labute approximate surface area is 277 Å². The third kappa shape index (κ3) is 3.69. The van der Waals surface area contributed by atoms with E-state index in [2.05, 4.69) is 0 Å². The number of hydrogen-bond acceptors (Lipinski definition) is 14. The number of fused-ring (bicyclic) bond motifs is 10. The maximum absolute atomic E-state index is 14.8. The van der Waals surface area contributed by atoms with Crippen LogP contribution in [0.15, 0.2) is 11.3 Å². The second-order valence-electron chi connectivity index (χ2n) is 15.9. The molecule has 48 heavy (non-hydrogen) atoms. The van der Waals surface area contributed by atoms with E-state index < -0.39 is 124 Å². The van der Waals surface area contributed by atoms with E-state index in [1.54, 1.807) is 34.6 Å². The summed E-state index contributed by atoms with van der Waals surface area (Å²) >= 11 is 0. The van der Waals surface area contributed by atoms with Crippen molar-refractivity contribution in [2.24, 2.45) is 51.6 Å². The van der Waals surface area contributed by atoms with Crippen LogP contribution >= 0.6 is 0 Å². The summed E-state index contributed by atoms with van der Waals surface area (Å²) in [6, 6.07) is 0. The Hall–Kier alpha value is -3.07. The van der Waals surface area contributed by atoms with Gasteiger partial charge in [0.2, 0.25) is 5.79 Å². The van der Waals surface area contributed by atoms with E-state index in [1.165, 1.54) is 27.7 Å². The number of esters is 4. The van der Waals surface area contributed by atoms with E-state index in [0.717, 1.165) is 0 Å². The van der Waals surface area contributed by atoms with Gasteiger partial charge in [0.05, 0.1) is 29.4 Å². The van der Waals surface area contributed by atoms with Crippen molar-refractivity contribution in [3.63, 3.8) is 0 Å². The maximum atomic E-state index is 14.8. The first kappa shape index (κ1) is 33.4. The SMILES string of the molecule is CC(=O)O[C@H]1[C@@H]2[C@H]([C@H](C)O[C@@]3(C)OC(=O)[C@@](C)(O)[C@]23C)[C@]2(C)[C@@H]1C1C(=O)C(N)=C3C[C@@H]4O[C@@H]4[C@H](O)[C@]3(C)C1[C@H](OC(C)=O)[C@@H]2OC(C)=O. The van der Waals surface area contributed by atoms with Gasteiger partial charge >= 0.3 is 23.9 Å². The minimum atomic E-state index is -2.16. The van der Waals surface area contributed by atoms with Crippen LogP contribution in [0.4, 0.5) is 0 Å². The van der Waals surface area contributed by atoms with Crippen LogP contribution in [0, 0.1) is 45.8 Å². The molecule has 0 spiro atoms. The number of carbonyl (C=O) groups excluding carboxylic acids is 5. The number of epoxide rings is 1. The summed E-state index contributed by atoms with van der Waals surface area (Å²) in [5.41, 5.74) is 0.703. The average molecular weight is 676 g/mol. The Morgan fingerprint density at radius 1 is 0.875 bits per heavy atom. The van der Waals surface area contributed by atoms with Gasteiger partial charge in [-0.15, -0.1) is 0 Å². The van der Waals surface area contributed by atoms with E-state index in [-0.39, 0.29) is 18.2 Å². The average Bonchev–Trinajstić information content (AvgIpc) is 3.66. The number of ether oxygens (including phenoxy) is 6. The number of nitrogens with two attached hydrogens (primary N) is 1. The lowest BCUT2D eigenvalue weighted by atomic mass is 9.44. The van der Waals surface area contributed by atoms with E-state index in [1.807, 2.05) is 0 Å². The van der Waals surface area contributed by atoms with Crippen LogP contribution in [0.1, 0.15) is 68.7 Å². The molecule has 3 aliphatic heterocycles. The van der Waals surface area contributed by atoms with Gasteiger partial charge in [0, 0.05) is 74.5 Å². The van der Waals surface area contributed by atoms with Crippen LogP contribution < -0.4 is 5.73 Å². The van der Waals surface area contributed by atoms with Crippen molar-refractivity contribution in [2.75, 3.05) is 0 Å². The van der Waals surface area contributed by atoms with Crippen molar-refractivity contribution in [2.45, 2.75) is 123 Å². The van der Waals surface area contributed by atoms with E-state index in [0.29, 0.717) is 5.57 Å². The predicted octanol–water partition coefficient (Wildman–Crippen LogP) is 0.679. The molecule has 0 aromatic rings. The van der Waals surface area contributed by atoms with Crippen LogP contribution in [0.5, 0.6) is 0 Å². The molecule has 6 fully saturated rings. The first-order valence-corrected chi connectivity index (χ1v) is 16.6. The lowest BCUT2D eigenvalue weighted by Crippen LogP contribution is -2.71. The molecule has 3 saturated heterocycles. The van der Waals surface area contributed by atoms with E-state index in [9.17, 15) is 34.2 Å². The molecule has 17 atom stereocenters. The zero-order valence-corrected chi connectivity index (χ0v) is 28.6. The highest BCUT2D eigenvalue weighted by atomic mass is 16.7. The van der Waals surface area contributed by atoms with E-state index >= 15 is 0 Å². The fourth-order valence-corrected chi connectivity index (χ4v) is 11.8. The number of Topliss-reactive ketones (excluding diaryl/α,β-unsaturated/α-hetero) is 1. The van der Waals surface area contributed by atoms with Crippen LogP contribution in [0.25, 0.3) is 0 Å². The number of allylic oxidation sites excluding steroid dienone is 1. The normalized spacial score (nSPS) is 54.4. The highest BCUT2D eigenvalue weighted by Gasteiger charge is 2.86. The third-order valence-corrected chi connectivity index (χ3v) is 13.9. The van der Waals surface area contributed by atoms with Gasteiger partial charge in [-0.3, -0.25) is 19.2 Å². The predicted molar refractivity (Wildman–Crippen MR) is 160 cm³/mol. The number of aliphatic hydroxyl groups is 2. The summed E-state index contributed by atoms with van der Waals surface area (Å²) < 4.78 is 36.6. The molecule has 3 heterocycles. The van der Waals surface area contributed by atoms with Gasteiger partial charge in [-0.05, 0) is 26.3 Å². The van der Waals surface area contributed by atoms with Crippen molar-refractivity contribution >= 4 is 29.7 Å². The zero-order valence-electron chi connectivity index (χ0n) is 28.6. The topological polar surface area (TPSA) is 211 Å². The molecular weight excluding hydrogens is 630 g/mol. The molecule has 0 aromatic carbocycles. The van der Waals surface area contributed by atoms with Crippen LogP contribution in [-0.2, 0) is 52.4 Å². The Kier molecular flexibility index (Phi) is 6.82. The highest BCUT2D eigenvalue weighted by Crippen LogP contribution is 2.76. The molecule has 7 aliphatic rings. The smallest absolute Gasteiger partial charge is 0.341 e. The van der Waals surface area contributed by atoms with Crippen LogP contribution in [0.2, 0.25) is 0 Å². The fourth-order valence-electron chi connectivity index (χ4n) is 11.8. The molecule has 4 aliphatic carbocycles. The Bertz CT molecular complexity index is 1570. The summed E-state index contributed by atoms with van der Waals surface area (Å²) in [5.74, 6) is -10.1. The summed E-state index contributed by atoms with van der Waals surface area (Å²) in [5, 5.41) is 23.9. The van der Waals surface area contributed by atoms with Crippen molar-refractivity contribution in [1.82, 2.24) is 0 Å². The van der Waals surface area contributed by atoms with Gasteiger partial charge in [0.25, 0.3) is 0 Å². The molecular formula is C34H45NO13. The molecule has 2 unspecified atom stereocenters. The fraction of sp³-hybridized carbons (Fsp3) is 0.794. The molecule has 0 radical (unpaired) electrons. The van der Waals surface area contributed by atoms with Gasteiger partial charge in [-0.25, -0.2) is 4.79 Å². The Morgan fingerprint density at radius 2 is 1.46 bits per heavy atom. The van der Waals surface area contributed by atoms with Crippen molar-refractivity contribution in [3.05, 3.63) is 11.3 Å². The molecule has 0 amide bonds. The number of ketones is 1. The summed E-state index contributed by atoms with van der Waals surface area (Å²) in [7, 11) is 0. The molecule has 264 valence electrons. The quantitative estimate of drug-likeness (QED) is 0.213. The highest BCUT2D eigenvalue weighted by molar-refractivity contribution is 5.99. The summed E-state index contributed by atoms with van der Waals surface area (Å²) in [6.45, 7) is 13.4. The van der Waals surface area contributed by atoms with Crippen LogP contribution in [0.3, 0.4) is 0 Å². The van der Waals surface area contributed by atoms with Gasteiger partial charge in [0.1, 0.15) is 24.4 Å². The number of hydrogen-bond donors (Lipinski definition) is 3. The number of rotatable bonds is 3. The first-order chi connectivity index (χ1) is 22.1. The lowest BCUT2D eigenvalue weighted by molar-refractivity contribution is -0.339. The molecule has 4 N–H and O–H groups in total. The Morgan fingerprint density at radius 3 is 2.04 bits per heavy atom. The lowest BCUT2D eigenvalue weighted by Gasteiger charge is -2.62. The minimum Gasteiger partial charge on any atom is -0.462 e. The zero-order chi connectivity index (χ0) is 35.4. The van der Waals surface area contributed by atoms with Crippen LogP contribution in [-0.4, -0.2) is 94.0 Å². The molecule has 14 nitrogen and oxygen atoms in total. The summed E-state index contributed by atoms with van der Waals surface area (Å²) in [6.07, 6.45) is -6.34. The first-order valence-electron chi connectivity index (χ1n) is 16.6. The molecule has 0 bridgehead atoms. The monoisotopic (exact) mass is 675 g/mol. The molecule has 7 rings (SSSR count). The minimum absolute atomic E-state index is 0.0511. The van der Waals surface area contributed by atoms with Gasteiger partial charge in [-0.2, -0.15) is 0 Å². The van der Waals surface area contributed by atoms with Crippen molar-refractivity contribution < 1.29 is 62.6 Å². The maximum Gasteiger partial charge on any atom is 0.341 e. The van der Waals surface area contributed by atoms with Crippen molar-refractivity contribution in [3.8, 4) is 0 Å². The third-order valence-electron chi connectivity index (χ3n) is 13.9. The van der Waals surface area contributed by atoms with E-state index in [4.69, 9.17) is 34.2 Å². The molecule has 14 heteroatoms. The van der Waals surface area contributed by atoms with Gasteiger partial charge < -0.3 is 44.4 Å². The molecule has 3 saturated carbocycles. The molecule has 0 aromatic heterocycles. The summed E-state index contributed by atoms with van der Waals surface area (Å²) in [4.78, 5) is 67.2. The van der Waals surface area contributed by atoms with Gasteiger partial charge in [0.15, 0.2) is 11.4 Å². The van der Waals surface area contributed by atoms with Crippen molar-refractivity contribution in [1.29, 1.82) is 0 Å². The Balaban J connectivity index is 1.55. The largest absolute Gasteiger partial charge is 0.462 e. The number of aliphatic hydroxyl groups excluding tert-OH is 1. The second-order valence-corrected chi connectivity index (χ2v) is 15.9. The number of carbonyl (C=O) groups is 5. The standard InChI is InChI=1S/C34H45NO13/c1-11-18-21(32(7)33(8,42)29(41)48-34(32,9)47-11)25(43-12(2)36)19-17-20(26(44-13(3)37)28(31(18,19)6)45-14(4)38)30(5)15(22(35)23(17)39)10-16-24(46-16)27(30)40/h11,16-21,24-28,40,42H,10,35H2,1-9H3/t11-,16-,17?,18-,19+,20?,21-,24-,25+,26-,27-,28-,30-,31+,32-,33+,34-/m0/s1. The van der Waals surface area contributed by atoms with Gasteiger partial charge in [-0.1, -0.05) is 13.8 Å².